The Morgan fingerprint density at radius 1 is 1.40 bits per heavy atom. The fourth-order valence-electron chi connectivity index (χ4n) is 1.47. The number of amides is 1. The van der Waals surface area contributed by atoms with Crippen LogP contribution in [0.1, 0.15) is 33.6 Å². The first-order chi connectivity index (χ1) is 6.87. The Bertz CT molecular complexity index is 220. The molecule has 1 aliphatic rings. The lowest BCUT2D eigenvalue weighted by molar-refractivity contribution is 0.0491. The fourth-order valence-corrected chi connectivity index (χ4v) is 2.02. The predicted molar refractivity (Wildman–Crippen MR) is 68.0 cm³/mol. The molecule has 1 rings (SSSR count). The number of nitrogens with one attached hydrogen (secondary N) is 1. The van der Waals surface area contributed by atoms with Gasteiger partial charge in [0.25, 0.3) is 0 Å². The minimum absolute atomic E-state index is 0.269. The van der Waals surface area contributed by atoms with Crippen molar-refractivity contribution in [3.8, 4) is 0 Å². The monoisotopic (exact) mass is 326 g/mol. The summed E-state index contributed by atoms with van der Waals surface area (Å²) in [5.41, 5.74) is -0.409. The first-order valence-electron chi connectivity index (χ1n) is 5.27. The van der Waals surface area contributed by atoms with Crippen molar-refractivity contribution >= 4 is 29.0 Å². The number of alkyl carbamates (subject to hydrolysis) is 1. The Hall–Kier alpha value is -0.0400. The van der Waals surface area contributed by atoms with Gasteiger partial charge in [0.2, 0.25) is 0 Å². The zero-order valence-corrected chi connectivity index (χ0v) is 11.7. The van der Waals surface area contributed by atoms with Crippen LogP contribution >= 0.6 is 22.9 Å². The molecule has 1 aliphatic heterocycles. The van der Waals surface area contributed by atoms with Gasteiger partial charge in [-0.05, 0) is 33.6 Å². The SMILES string of the molecule is CC(C)(C)OC(=O)NC1CCN(I)CC1. The Morgan fingerprint density at radius 3 is 2.40 bits per heavy atom. The van der Waals surface area contributed by atoms with Crippen LogP contribution in [0, 0.1) is 0 Å². The number of halogens is 1. The second kappa shape index (κ2) is 5.34. The molecular formula is C10H19IN2O2. The van der Waals surface area contributed by atoms with Gasteiger partial charge in [-0.15, -0.1) is 0 Å². The quantitative estimate of drug-likeness (QED) is 0.594. The summed E-state index contributed by atoms with van der Waals surface area (Å²) in [6.45, 7) is 7.68. The first kappa shape index (κ1) is 13.0. The number of nitrogens with zero attached hydrogens (tertiary/aromatic N) is 1. The number of hydrogen-bond acceptors (Lipinski definition) is 3. The summed E-state index contributed by atoms with van der Waals surface area (Å²) < 4.78 is 7.44. The number of carbonyl (C=O) groups is 1. The van der Waals surface area contributed by atoms with Crippen molar-refractivity contribution in [2.75, 3.05) is 13.1 Å². The lowest BCUT2D eigenvalue weighted by atomic mass is 10.1. The van der Waals surface area contributed by atoms with Crippen LogP contribution in [0.5, 0.6) is 0 Å². The molecule has 0 aromatic heterocycles. The third kappa shape index (κ3) is 5.55. The third-order valence-electron chi connectivity index (χ3n) is 2.16. The molecule has 15 heavy (non-hydrogen) atoms. The normalized spacial score (nSPS) is 20.0. The zero-order chi connectivity index (χ0) is 11.5. The molecule has 0 aliphatic carbocycles. The Kier molecular flexibility index (Phi) is 4.64. The molecule has 1 heterocycles. The standard InChI is InChI=1S/C10H19IN2O2/c1-10(2,3)15-9(14)12-8-4-6-13(11)7-5-8/h8H,4-7H2,1-3H3,(H,12,14). The van der Waals surface area contributed by atoms with Crippen molar-refractivity contribution in [1.82, 2.24) is 8.43 Å². The van der Waals surface area contributed by atoms with Crippen molar-refractivity contribution in [2.45, 2.75) is 45.3 Å². The van der Waals surface area contributed by atoms with Gasteiger partial charge in [-0.2, -0.15) is 0 Å². The molecule has 1 amide bonds. The molecule has 0 unspecified atom stereocenters. The van der Waals surface area contributed by atoms with E-state index in [1.165, 1.54) is 0 Å². The van der Waals surface area contributed by atoms with Crippen molar-refractivity contribution in [1.29, 1.82) is 0 Å². The summed E-state index contributed by atoms with van der Waals surface area (Å²) in [5.74, 6) is 0. The van der Waals surface area contributed by atoms with Gasteiger partial charge >= 0.3 is 6.09 Å². The summed E-state index contributed by atoms with van der Waals surface area (Å²) in [6, 6.07) is 0.269. The minimum Gasteiger partial charge on any atom is -0.444 e. The molecule has 0 atom stereocenters. The Balaban J connectivity index is 2.27. The van der Waals surface area contributed by atoms with Crippen LogP contribution in [0.15, 0.2) is 0 Å². The molecular weight excluding hydrogens is 307 g/mol. The highest BCUT2D eigenvalue weighted by Crippen LogP contribution is 2.14. The van der Waals surface area contributed by atoms with Gasteiger partial charge < -0.3 is 10.1 Å². The topological polar surface area (TPSA) is 41.6 Å². The summed E-state index contributed by atoms with van der Waals surface area (Å²) in [4.78, 5) is 11.5. The average molecular weight is 326 g/mol. The van der Waals surface area contributed by atoms with E-state index in [2.05, 4.69) is 31.3 Å². The highest BCUT2D eigenvalue weighted by atomic mass is 127. The Morgan fingerprint density at radius 2 is 1.93 bits per heavy atom. The second-order valence-corrected chi connectivity index (χ2v) is 6.19. The van der Waals surface area contributed by atoms with Gasteiger partial charge in [-0.25, -0.2) is 7.91 Å². The van der Waals surface area contributed by atoms with Crippen LogP contribution in [0.25, 0.3) is 0 Å². The average Bonchev–Trinajstić information content (AvgIpc) is 2.05. The van der Waals surface area contributed by atoms with Gasteiger partial charge in [-0.3, -0.25) is 0 Å². The molecule has 1 N–H and O–H groups in total. The molecule has 0 aromatic carbocycles. The molecule has 0 saturated carbocycles. The molecule has 5 heteroatoms. The minimum atomic E-state index is -0.409. The van der Waals surface area contributed by atoms with E-state index in [1.807, 2.05) is 20.8 Å². The number of rotatable bonds is 1. The van der Waals surface area contributed by atoms with E-state index in [-0.39, 0.29) is 12.1 Å². The molecule has 0 radical (unpaired) electrons. The number of carbonyl (C=O) groups excluding carboxylic acids is 1. The second-order valence-electron chi connectivity index (χ2n) is 4.83. The van der Waals surface area contributed by atoms with Gasteiger partial charge in [0.15, 0.2) is 0 Å². The molecule has 1 fully saturated rings. The number of hydrogen-bond donors (Lipinski definition) is 1. The fraction of sp³-hybridized carbons (Fsp3) is 0.900. The largest absolute Gasteiger partial charge is 0.444 e. The lowest BCUT2D eigenvalue weighted by Crippen LogP contribution is -2.43. The van der Waals surface area contributed by atoms with E-state index in [0.29, 0.717) is 0 Å². The van der Waals surface area contributed by atoms with Crippen LogP contribution in [-0.2, 0) is 4.74 Å². The Labute approximate surface area is 105 Å². The van der Waals surface area contributed by atoms with E-state index in [1.54, 1.807) is 0 Å². The molecule has 1 saturated heterocycles. The summed E-state index contributed by atoms with van der Waals surface area (Å²) in [5, 5.41) is 2.90. The van der Waals surface area contributed by atoms with Gasteiger partial charge in [0.05, 0.1) is 0 Å². The van der Waals surface area contributed by atoms with Crippen LogP contribution in [-0.4, -0.2) is 33.9 Å². The summed E-state index contributed by atoms with van der Waals surface area (Å²) >= 11 is 2.31. The maximum atomic E-state index is 11.5. The maximum absolute atomic E-state index is 11.5. The van der Waals surface area contributed by atoms with Crippen molar-refractivity contribution in [3.63, 3.8) is 0 Å². The van der Waals surface area contributed by atoms with E-state index in [0.717, 1.165) is 25.9 Å². The van der Waals surface area contributed by atoms with Crippen molar-refractivity contribution in [3.05, 3.63) is 0 Å². The predicted octanol–water partition coefficient (Wildman–Crippen LogP) is 2.33. The van der Waals surface area contributed by atoms with E-state index >= 15 is 0 Å². The van der Waals surface area contributed by atoms with Crippen molar-refractivity contribution < 1.29 is 9.53 Å². The van der Waals surface area contributed by atoms with Crippen LogP contribution < -0.4 is 5.32 Å². The molecule has 0 aromatic rings. The number of piperidine rings is 1. The van der Waals surface area contributed by atoms with Gasteiger partial charge in [-0.1, -0.05) is 0 Å². The van der Waals surface area contributed by atoms with E-state index < -0.39 is 5.60 Å². The maximum Gasteiger partial charge on any atom is 0.407 e. The lowest BCUT2D eigenvalue weighted by Gasteiger charge is -2.29. The van der Waals surface area contributed by atoms with Crippen LogP contribution in [0.3, 0.4) is 0 Å². The van der Waals surface area contributed by atoms with Gasteiger partial charge in [0, 0.05) is 42.0 Å². The molecule has 0 bridgehead atoms. The molecule has 0 spiro atoms. The first-order valence-corrected chi connectivity index (χ1v) is 6.23. The molecule has 4 nitrogen and oxygen atoms in total. The third-order valence-corrected chi connectivity index (χ3v) is 3.13. The highest BCUT2D eigenvalue weighted by molar-refractivity contribution is 14.1. The van der Waals surface area contributed by atoms with Gasteiger partial charge in [0.1, 0.15) is 5.60 Å². The summed E-state index contributed by atoms with van der Waals surface area (Å²) in [6.07, 6.45) is 1.71. The van der Waals surface area contributed by atoms with E-state index in [4.69, 9.17) is 4.74 Å². The smallest absolute Gasteiger partial charge is 0.407 e. The van der Waals surface area contributed by atoms with E-state index in [9.17, 15) is 4.79 Å². The zero-order valence-electron chi connectivity index (χ0n) is 9.55. The summed E-state index contributed by atoms with van der Waals surface area (Å²) in [7, 11) is 0. The highest BCUT2D eigenvalue weighted by Gasteiger charge is 2.22. The molecule has 88 valence electrons. The van der Waals surface area contributed by atoms with Crippen LogP contribution in [0.2, 0.25) is 0 Å². The van der Waals surface area contributed by atoms with Crippen molar-refractivity contribution in [2.24, 2.45) is 0 Å². The number of ether oxygens (including phenoxy) is 1. The van der Waals surface area contributed by atoms with Crippen LogP contribution in [0.4, 0.5) is 4.79 Å².